The van der Waals surface area contributed by atoms with Crippen LogP contribution >= 0.6 is 28.3 Å². The van der Waals surface area contributed by atoms with Crippen molar-refractivity contribution >= 4 is 28.3 Å². The number of rotatable bonds is 0. The van der Waals surface area contributed by atoms with Gasteiger partial charge in [-0.15, -0.1) is 12.4 Å². The molecule has 0 saturated heterocycles. The van der Waals surface area contributed by atoms with Crippen LogP contribution in [0, 0.1) is 0 Å². The van der Waals surface area contributed by atoms with E-state index in [0.717, 1.165) is 17.3 Å². The van der Waals surface area contributed by atoms with Crippen LogP contribution in [0.15, 0.2) is 22.7 Å². The number of benzene rings is 1. The minimum absolute atomic E-state index is 0. The van der Waals surface area contributed by atoms with Gasteiger partial charge in [0.2, 0.25) is 0 Å². The van der Waals surface area contributed by atoms with E-state index in [-0.39, 0.29) is 12.4 Å². The highest BCUT2D eigenvalue weighted by molar-refractivity contribution is 9.10. The van der Waals surface area contributed by atoms with Crippen LogP contribution in [0.3, 0.4) is 0 Å². The van der Waals surface area contributed by atoms with E-state index in [0.29, 0.717) is 6.04 Å². The number of hydrogen-bond acceptors (Lipinski definition) is 1. The van der Waals surface area contributed by atoms with Gasteiger partial charge in [0.1, 0.15) is 0 Å². The van der Waals surface area contributed by atoms with Crippen LogP contribution in [0.25, 0.3) is 0 Å². The van der Waals surface area contributed by atoms with E-state index >= 15 is 0 Å². The first-order chi connectivity index (χ1) is 5.25. The smallest absolute Gasteiger partial charge is 0.0178 e. The van der Waals surface area contributed by atoms with Crippen LogP contribution in [0.4, 0.5) is 0 Å². The predicted molar refractivity (Wildman–Crippen MR) is 56.8 cm³/mol. The molecule has 1 aromatic carbocycles. The Hall–Kier alpha value is -0.0500. The maximum absolute atomic E-state index is 5.82. The van der Waals surface area contributed by atoms with Crippen LogP contribution in [0.2, 0.25) is 0 Å². The highest BCUT2D eigenvalue weighted by Crippen LogP contribution is 2.24. The molecule has 0 fully saturated rings. The van der Waals surface area contributed by atoms with Crippen molar-refractivity contribution in [3.63, 3.8) is 0 Å². The summed E-state index contributed by atoms with van der Waals surface area (Å²) in [4.78, 5) is 0. The number of fused-ring (bicyclic) bond motifs is 1. The molecule has 66 valence electrons. The number of halogens is 2. The van der Waals surface area contributed by atoms with Crippen molar-refractivity contribution in [2.75, 3.05) is 0 Å². The average molecular weight is 249 g/mol. The van der Waals surface area contributed by atoms with Gasteiger partial charge in [-0.3, -0.25) is 0 Å². The lowest BCUT2D eigenvalue weighted by molar-refractivity contribution is 0.721. The van der Waals surface area contributed by atoms with E-state index in [9.17, 15) is 0 Å². The molecular weight excluding hydrogens is 237 g/mol. The van der Waals surface area contributed by atoms with Crippen molar-refractivity contribution in [3.8, 4) is 0 Å². The average Bonchev–Trinajstić information content (AvgIpc) is 2.27. The third-order valence-corrected chi connectivity index (χ3v) is 2.63. The molecule has 0 radical (unpaired) electrons. The van der Waals surface area contributed by atoms with Gasteiger partial charge in [0, 0.05) is 10.5 Å². The lowest BCUT2D eigenvalue weighted by Gasteiger charge is -1.96. The fourth-order valence-corrected chi connectivity index (χ4v) is 2.03. The molecule has 0 aliphatic heterocycles. The Morgan fingerprint density at radius 3 is 2.67 bits per heavy atom. The maximum Gasteiger partial charge on any atom is 0.0178 e. The fraction of sp³-hybridized carbons (Fsp3) is 0.333. The summed E-state index contributed by atoms with van der Waals surface area (Å²) < 4.78 is 1.16. The van der Waals surface area contributed by atoms with Crippen molar-refractivity contribution in [1.29, 1.82) is 0 Å². The van der Waals surface area contributed by atoms with Gasteiger partial charge in [-0.1, -0.05) is 22.0 Å². The van der Waals surface area contributed by atoms with Gasteiger partial charge in [-0.05, 0) is 36.1 Å². The van der Waals surface area contributed by atoms with Gasteiger partial charge in [-0.25, -0.2) is 0 Å². The first-order valence-corrected chi connectivity index (χ1v) is 4.58. The molecule has 0 unspecified atom stereocenters. The van der Waals surface area contributed by atoms with Crippen LogP contribution in [0.5, 0.6) is 0 Å². The Balaban J connectivity index is 0.000000720. The fourth-order valence-electron chi connectivity index (χ4n) is 1.62. The monoisotopic (exact) mass is 247 g/mol. The normalized spacial score (nSPS) is 20.0. The van der Waals surface area contributed by atoms with E-state index in [1.165, 1.54) is 11.1 Å². The Bertz CT molecular complexity index is 288. The zero-order chi connectivity index (χ0) is 7.84. The molecule has 1 nitrogen and oxygen atoms in total. The molecule has 1 aliphatic carbocycles. The molecule has 1 atom stereocenters. The molecule has 1 aromatic rings. The Morgan fingerprint density at radius 1 is 1.25 bits per heavy atom. The van der Waals surface area contributed by atoms with E-state index in [1.807, 2.05) is 0 Å². The Kier molecular flexibility index (Phi) is 3.16. The van der Waals surface area contributed by atoms with Crippen LogP contribution in [0.1, 0.15) is 11.1 Å². The summed E-state index contributed by atoms with van der Waals surface area (Å²) in [6.45, 7) is 0. The molecule has 0 saturated carbocycles. The summed E-state index contributed by atoms with van der Waals surface area (Å²) in [5, 5.41) is 0. The highest BCUT2D eigenvalue weighted by Gasteiger charge is 2.17. The number of nitrogens with two attached hydrogens (primary N) is 1. The van der Waals surface area contributed by atoms with E-state index < -0.39 is 0 Å². The van der Waals surface area contributed by atoms with Crippen molar-refractivity contribution in [2.24, 2.45) is 5.73 Å². The van der Waals surface area contributed by atoms with E-state index in [2.05, 4.69) is 34.1 Å². The second-order valence-corrected chi connectivity index (χ2v) is 4.00. The summed E-state index contributed by atoms with van der Waals surface area (Å²) in [5.41, 5.74) is 8.65. The molecule has 2 N–H and O–H groups in total. The van der Waals surface area contributed by atoms with Crippen molar-refractivity contribution in [1.82, 2.24) is 0 Å². The molecule has 0 spiro atoms. The zero-order valence-electron chi connectivity index (χ0n) is 6.59. The molecule has 0 heterocycles. The lowest BCUT2D eigenvalue weighted by Crippen LogP contribution is -2.18. The van der Waals surface area contributed by atoms with Gasteiger partial charge in [0.05, 0.1) is 0 Å². The second-order valence-electron chi connectivity index (χ2n) is 3.08. The molecule has 3 heteroatoms. The summed E-state index contributed by atoms with van der Waals surface area (Å²) in [6.07, 6.45) is 2.08. The summed E-state index contributed by atoms with van der Waals surface area (Å²) in [6, 6.07) is 6.75. The lowest BCUT2D eigenvalue weighted by atomic mass is 10.1. The van der Waals surface area contributed by atoms with Crippen molar-refractivity contribution in [3.05, 3.63) is 33.8 Å². The van der Waals surface area contributed by atoms with Crippen LogP contribution in [-0.4, -0.2) is 6.04 Å². The Labute approximate surface area is 86.9 Å². The quantitative estimate of drug-likeness (QED) is 0.749. The molecule has 1 aliphatic rings. The van der Waals surface area contributed by atoms with E-state index in [1.54, 1.807) is 0 Å². The third kappa shape index (κ3) is 1.82. The third-order valence-electron chi connectivity index (χ3n) is 2.13. The maximum atomic E-state index is 5.82. The molecule has 0 bridgehead atoms. The van der Waals surface area contributed by atoms with Crippen LogP contribution < -0.4 is 5.73 Å². The SMILES string of the molecule is Cl.N[C@@H]1Cc2ccc(Br)cc2C1. The van der Waals surface area contributed by atoms with Gasteiger partial charge >= 0.3 is 0 Å². The van der Waals surface area contributed by atoms with E-state index in [4.69, 9.17) is 5.73 Å². The topological polar surface area (TPSA) is 26.0 Å². The Morgan fingerprint density at radius 2 is 1.92 bits per heavy atom. The van der Waals surface area contributed by atoms with Gasteiger partial charge in [-0.2, -0.15) is 0 Å². The molecule has 0 amide bonds. The molecule has 0 aromatic heterocycles. The predicted octanol–water partition coefficient (Wildman–Crippen LogP) is 2.30. The molecular formula is C9H11BrClN. The zero-order valence-corrected chi connectivity index (χ0v) is 8.99. The van der Waals surface area contributed by atoms with Crippen molar-refractivity contribution in [2.45, 2.75) is 18.9 Å². The standard InChI is InChI=1S/C9H10BrN.ClH/c10-8-2-1-6-4-9(11)5-7(6)3-8;/h1-3,9H,4-5,11H2;1H/t9-;/m1./s1. The minimum atomic E-state index is 0. The second kappa shape index (κ2) is 3.77. The molecule has 2 rings (SSSR count). The van der Waals surface area contributed by atoms with Crippen LogP contribution in [-0.2, 0) is 12.8 Å². The van der Waals surface area contributed by atoms with Crippen molar-refractivity contribution < 1.29 is 0 Å². The minimum Gasteiger partial charge on any atom is -0.327 e. The van der Waals surface area contributed by atoms with Gasteiger partial charge < -0.3 is 5.73 Å². The summed E-state index contributed by atoms with van der Waals surface area (Å²) in [7, 11) is 0. The van der Waals surface area contributed by atoms with Gasteiger partial charge in [0.15, 0.2) is 0 Å². The van der Waals surface area contributed by atoms with Gasteiger partial charge in [0.25, 0.3) is 0 Å². The first kappa shape index (κ1) is 10.0. The molecule has 12 heavy (non-hydrogen) atoms. The summed E-state index contributed by atoms with van der Waals surface area (Å²) in [5.74, 6) is 0. The highest BCUT2D eigenvalue weighted by atomic mass is 79.9. The number of hydrogen-bond donors (Lipinski definition) is 1. The largest absolute Gasteiger partial charge is 0.327 e. The summed E-state index contributed by atoms with van der Waals surface area (Å²) >= 11 is 3.44. The first-order valence-electron chi connectivity index (χ1n) is 3.78.